The third kappa shape index (κ3) is 4.72. The Morgan fingerprint density at radius 2 is 1.76 bits per heavy atom. The molecule has 1 aliphatic heterocycles. The molecule has 0 bridgehead atoms. The first-order chi connectivity index (χ1) is 16.6. The molecule has 0 spiro atoms. The van der Waals surface area contributed by atoms with Crippen LogP contribution >= 0.6 is 0 Å². The highest BCUT2D eigenvalue weighted by Crippen LogP contribution is 2.28. The van der Waals surface area contributed by atoms with Gasteiger partial charge in [-0.05, 0) is 43.7 Å². The molecule has 2 aromatic carbocycles. The van der Waals surface area contributed by atoms with Crippen LogP contribution in [0.3, 0.4) is 0 Å². The summed E-state index contributed by atoms with van der Waals surface area (Å²) in [6, 6.07) is 22.8. The van der Waals surface area contributed by atoms with Gasteiger partial charge in [0.05, 0.1) is 30.1 Å². The Kier molecular flexibility index (Phi) is 6.14. The summed E-state index contributed by atoms with van der Waals surface area (Å²) in [5, 5.41) is 16.7. The molecule has 1 saturated heterocycles. The van der Waals surface area contributed by atoms with Crippen molar-refractivity contribution in [2.24, 2.45) is 0 Å². The van der Waals surface area contributed by atoms with Crippen LogP contribution in [0, 0.1) is 19.3 Å². The molecule has 2 N–H and O–H groups in total. The average molecular weight is 452 g/mol. The van der Waals surface area contributed by atoms with E-state index in [0.717, 1.165) is 52.5 Å². The fourth-order valence-electron chi connectivity index (χ4n) is 4.18. The summed E-state index contributed by atoms with van der Waals surface area (Å²) in [5.74, 6) is 1.03. The molecule has 34 heavy (non-hydrogen) atoms. The molecule has 0 amide bonds. The normalized spacial score (nSPS) is 14.1. The van der Waals surface area contributed by atoms with E-state index in [-0.39, 0.29) is 0 Å². The monoisotopic (exact) mass is 451 g/mol. The quantitative estimate of drug-likeness (QED) is 0.383. The summed E-state index contributed by atoms with van der Waals surface area (Å²) < 4.78 is 7.59. The number of hydrogen-bond donors (Lipinski definition) is 2. The standard InChI is InChI=1S/C28H29N5O/c1-20-6-8-22(9-7-20)27-19-25-17-24(18-28(33(25)31-27)32-12-14-34-15-13-32)30-11-10-26(29)23-5-3-4-21(2)16-23/h3-11,16-19,29-30H,12-15H2,1-2H3/b11-10-,29-26?. The lowest BCUT2D eigenvalue weighted by Crippen LogP contribution is -2.37. The molecule has 0 radical (unpaired) electrons. The average Bonchev–Trinajstić information content (AvgIpc) is 3.28. The van der Waals surface area contributed by atoms with Crippen molar-refractivity contribution >= 4 is 22.7 Å². The molecular weight excluding hydrogens is 422 g/mol. The van der Waals surface area contributed by atoms with Gasteiger partial charge in [-0.3, -0.25) is 0 Å². The minimum Gasteiger partial charge on any atom is -0.378 e. The van der Waals surface area contributed by atoms with E-state index in [4.69, 9.17) is 15.2 Å². The van der Waals surface area contributed by atoms with E-state index in [2.05, 4.69) is 59.6 Å². The van der Waals surface area contributed by atoms with Gasteiger partial charge in [0.25, 0.3) is 0 Å². The molecule has 1 aliphatic rings. The summed E-state index contributed by atoms with van der Waals surface area (Å²) >= 11 is 0. The van der Waals surface area contributed by atoms with Gasteiger partial charge in [-0.2, -0.15) is 5.10 Å². The summed E-state index contributed by atoms with van der Waals surface area (Å²) in [5.41, 5.74) is 7.77. The van der Waals surface area contributed by atoms with Crippen LogP contribution in [0.2, 0.25) is 0 Å². The van der Waals surface area contributed by atoms with Crippen molar-refractivity contribution in [2.75, 3.05) is 36.5 Å². The largest absolute Gasteiger partial charge is 0.378 e. The van der Waals surface area contributed by atoms with Crippen LogP contribution in [0.4, 0.5) is 11.5 Å². The van der Waals surface area contributed by atoms with Crippen molar-refractivity contribution in [1.82, 2.24) is 9.61 Å². The number of nitrogens with zero attached hydrogens (tertiary/aromatic N) is 3. The van der Waals surface area contributed by atoms with Crippen molar-refractivity contribution in [3.63, 3.8) is 0 Å². The number of anilines is 2. The first-order valence-electron chi connectivity index (χ1n) is 11.6. The molecule has 1 fully saturated rings. The molecule has 0 saturated carbocycles. The molecule has 6 nitrogen and oxygen atoms in total. The predicted octanol–water partition coefficient (Wildman–Crippen LogP) is 5.45. The second-order valence-electron chi connectivity index (χ2n) is 8.69. The number of nitrogens with one attached hydrogen (secondary N) is 2. The van der Waals surface area contributed by atoms with E-state index < -0.39 is 0 Å². The highest BCUT2D eigenvalue weighted by Gasteiger charge is 2.17. The van der Waals surface area contributed by atoms with Crippen LogP contribution in [0.1, 0.15) is 16.7 Å². The van der Waals surface area contributed by atoms with Gasteiger partial charge in [-0.15, -0.1) is 0 Å². The molecule has 172 valence electrons. The third-order valence-corrected chi connectivity index (χ3v) is 6.05. The maximum atomic E-state index is 8.38. The number of aryl methyl sites for hydroxylation is 2. The van der Waals surface area contributed by atoms with Gasteiger partial charge in [-0.25, -0.2) is 4.52 Å². The first-order valence-corrected chi connectivity index (χ1v) is 11.6. The van der Waals surface area contributed by atoms with Gasteiger partial charge >= 0.3 is 0 Å². The molecule has 3 heterocycles. The van der Waals surface area contributed by atoms with Crippen LogP contribution in [-0.4, -0.2) is 41.6 Å². The minimum absolute atomic E-state index is 0.469. The lowest BCUT2D eigenvalue weighted by Gasteiger charge is -2.29. The molecule has 4 aromatic rings. The van der Waals surface area contributed by atoms with Gasteiger partial charge in [0, 0.05) is 36.6 Å². The number of benzene rings is 2. The maximum Gasteiger partial charge on any atom is 0.132 e. The van der Waals surface area contributed by atoms with Crippen LogP contribution in [0.5, 0.6) is 0 Å². The summed E-state index contributed by atoms with van der Waals surface area (Å²) in [4.78, 5) is 2.31. The van der Waals surface area contributed by atoms with E-state index in [9.17, 15) is 0 Å². The summed E-state index contributed by atoms with van der Waals surface area (Å²) in [6.45, 7) is 7.20. The zero-order chi connectivity index (χ0) is 23.5. The van der Waals surface area contributed by atoms with Gasteiger partial charge in [0.2, 0.25) is 0 Å². The number of rotatable bonds is 6. The zero-order valence-electron chi connectivity index (χ0n) is 19.6. The lowest BCUT2D eigenvalue weighted by atomic mass is 10.1. The van der Waals surface area contributed by atoms with Crippen LogP contribution in [0.15, 0.2) is 79.0 Å². The van der Waals surface area contributed by atoms with Crippen LogP contribution in [-0.2, 0) is 4.74 Å². The van der Waals surface area contributed by atoms with Crippen molar-refractivity contribution in [3.05, 3.63) is 95.7 Å². The number of fused-ring (bicyclic) bond motifs is 1. The van der Waals surface area contributed by atoms with Gasteiger partial charge in [-0.1, -0.05) is 53.6 Å². The van der Waals surface area contributed by atoms with E-state index in [1.807, 2.05) is 41.9 Å². The Morgan fingerprint density at radius 1 is 0.971 bits per heavy atom. The number of ether oxygens (including phenoxy) is 1. The van der Waals surface area contributed by atoms with Gasteiger partial charge in [0.1, 0.15) is 5.82 Å². The Morgan fingerprint density at radius 3 is 2.53 bits per heavy atom. The number of hydrogen-bond acceptors (Lipinski definition) is 5. The van der Waals surface area contributed by atoms with Crippen molar-refractivity contribution < 1.29 is 4.74 Å². The first kappa shape index (κ1) is 21.9. The number of pyridine rings is 1. The second kappa shape index (κ2) is 9.53. The van der Waals surface area contributed by atoms with Crippen molar-refractivity contribution in [1.29, 1.82) is 5.41 Å². The molecule has 0 atom stereocenters. The van der Waals surface area contributed by atoms with E-state index in [0.29, 0.717) is 18.9 Å². The third-order valence-electron chi connectivity index (χ3n) is 6.05. The molecule has 5 rings (SSSR count). The van der Waals surface area contributed by atoms with E-state index >= 15 is 0 Å². The molecule has 6 heteroatoms. The van der Waals surface area contributed by atoms with Crippen molar-refractivity contribution in [3.8, 4) is 11.3 Å². The highest BCUT2D eigenvalue weighted by molar-refractivity contribution is 6.06. The zero-order valence-corrected chi connectivity index (χ0v) is 19.6. The second-order valence-corrected chi connectivity index (χ2v) is 8.69. The van der Waals surface area contributed by atoms with Gasteiger partial charge in [0.15, 0.2) is 0 Å². The fraction of sp³-hybridized carbons (Fsp3) is 0.214. The lowest BCUT2D eigenvalue weighted by molar-refractivity contribution is 0.122. The minimum atomic E-state index is 0.469. The Balaban J connectivity index is 1.46. The fourth-order valence-corrected chi connectivity index (χ4v) is 4.18. The molecule has 2 aromatic heterocycles. The predicted molar refractivity (Wildman–Crippen MR) is 139 cm³/mol. The van der Waals surface area contributed by atoms with Crippen molar-refractivity contribution in [2.45, 2.75) is 13.8 Å². The van der Waals surface area contributed by atoms with E-state index in [1.54, 1.807) is 6.08 Å². The molecule has 0 unspecified atom stereocenters. The van der Waals surface area contributed by atoms with Crippen LogP contribution in [0.25, 0.3) is 16.8 Å². The number of morpholine rings is 1. The molecular formula is C28H29N5O. The Hall–Kier alpha value is -3.90. The SMILES string of the molecule is Cc1ccc(-c2cc3cc(N/C=C\C(=N)c4cccc(C)c4)cc(N4CCOCC4)n3n2)cc1. The van der Waals surface area contributed by atoms with E-state index in [1.165, 1.54) is 5.56 Å². The Labute approximate surface area is 200 Å². The summed E-state index contributed by atoms with van der Waals surface area (Å²) in [7, 11) is 0. The van der Waals surface area contributed by atoms with Gasteiger partial charge < -0.3 is 20.4 Å². The topological polar surface area (TPSA) is 65.7 Å². The number of allylic oxidation sites excluding steroid dienone is 1. The number of aromatic nitrogens is 2. The van der Waals surface area contributed by atoms with Crippen LogP contribution < -0.4 is 10.2 Å². The Bertz CT molecular complexity index is 1350. The highest BCUT2D eigenvalue weighted by atomic mass is 16.5. The maximum absolute atomic E-state index is 8.38. The molecule has 0 aliphatic carbocycles. The smallest absolute Gasteiger partial charge is 0.132 e. The summed E-state index contributed by atoms with van der Waals surface area (Å²) in [6.07, 6.45) is 3.62.